The molecule has 2 rings (SSSR count). The van der Waals surface area contributed by atoms with Gasteiger partial charge in [0, 0.05) is 6.07 Å². The van der Waals surface area contributed by atoms with Gasteiger partial charge in [0.25, 0.3) is 0 Å². The molecule has 2 N–H and O–H groups in total. The second-order valence-corrected chi connectivity index (χ2v) is 3.30. The van der Waals surface area contributed by atoms with Crippen LogP contribution >= 0.6 is 0 Å². The molecule has 1 aromatic heterocycles. The van der Waals surface area contributed by atoms with E-state index in [0.29, 0.717) is 11.5 Å². The summed E-state index contributed by atoms with van der Waals surface area (Å²) >= 11 is 0. The smallest absolute Gasteiger partial charge is 0.162 e. The maximum absolute atomic E-state index is 12.9. The van der Waals surface area contributed by atoms with Crippen LogP contribution in [0.2, 0.25) is 0 Å². The zero-order valence-electron chi connectivity index (χ0n) is 8.73. The molecule has 2 aromatic rings. The standard InChI is InChI=1S/C11H9F2N3O/c12-9-2-1-8(3-10(9)13)17-6-7-4-16-11(14)5-15-7/h1-5H,6H2,(H2,14,16). The topological polar surface area (TPSA) is 61.0 Å². The number of nitrogen functional groups attached to an aromatic ring is 1. The van der Waals surface area contributed by atoms with Crippen molar-refractivity contribution in [3.63, 3.8) is 0 Å². The Hall–Kier alpha value is -2.24. The Balaban J connectivity index is 2.02. The van der Waals surface area contributed by atoms with Gasteiger partial charge in [0.05, 0.1) is 18.1 Å². The Morgan fingerprint density at radius 2 is 1.94 bits per heavy atom. The van der Waals surface area contributed by atoms with Crippen molar-refractivity contribution in [1.29, 1.82) is 0 Å². The molecule has 4 nitrogen and oxygen atoms in total. The normalized spacial score (nSPS) is 10.2. The maximum atomic E-state index is 12.9. The van der Waals surface area contributed by atoms with Crippen LogP contribution in [0.5, 0.6) is 5.75 Å². The van der Waals surface area contributed by atoms with Gasteiger partial charge in [0.2, 0.25) is 0 Å². The molecule has 0 saturated heterocycles. The second-order valence-electron chi connectivity index (χ2n) is 3.30. The molecule has 17 heavy (non-hydrogen) atoms. The van der Waals surface area contributed by atoms with Crippen molar-refractivity contribution in [1.82, 2.24) is 9.97 Å². The molecule has 0 amide bonds. The molecule has 1 aromatic carbocycles. The summed E-state index contributed by atoms with van der Waals surface area (Å²) in [5.41, 5.74) is 5.91. The Bertz CT molecular complexity index is 517. The van der Waals surface area contributed by atoms with Gasteiger partial charge in [-0.3, -0.25) is 4.98 Å². The van der Waals surface area contributed by atoms with E-state index in [1.165, 1.54) is 18.5 Å². The van der Waals surface area contributed by atoms with Gasteiger partial charge < -0.3 is 10.5 Å². The SMILES string of the molecule is Nc1cnc(COc2ccc(F)c(F)c2)cn1. The predicted octanol–water partition coefficient (Wildman–Crippen LogP) is 1.92. The molecule has 0 spiro atoms. The fourth-order valence-corrected chi connectivity index (χ4v) is 1.16. The van der Waals surface area contributed by atoms with E-state index >= 15 is 0 Å². The highest BCUT2D eigenvalue weighted by Crippen LogP contribution is 2.16. The van der Waals surface area contributed by atoms with Crippen LogP contribution in [0, 0.1) is 11.6 Å². The van der Waals surface area contributed by atoms with Gasteiger partial charge in [-0.2, -0.15) is 0 Å². The summed E-state index contributed by atoms with van der Waals surface area (Å²) in [5.74, 6) is -1.33. The first-order chi connectivity index (χ1) is 8.15. The average Bonchev–Trinajstić information content (AvgIpc) is 2.33. The minimum Gasteiger partial charge on any atom is -0.487 e. The average molecular weight is 237 g/mol. The highest BCUT2D eigenvalue weighted by Gasteiger charge is 2.04. The number of ether oxygens (including phenoxy) is 1. The van der Waals surface area contributed by atoms with E-state index < -0.39 is 11.6 Å². The Kier molecular flexibility index (Phi) is 3.13. The van der Waals surface area contributed by atoms with Crippen molar-refractivity contribution >= 4 is 5.82 Å². The van der Waals surface area contributed by atoms with Crippen LogP contribution in [0.4, 0.5) is 14.6 Å². The van der Waals surface area contributed by atoms with E-state index in [0.717, 1.165) is 12.1 Å². The quantitative estimate of drug-likeness (QED) is 0.885. The molecule has 0 atom stereocenters. The van der Waals surface area contributed by atoms with E-state index in [1.54, 1.807) is 0 Å². The Labute approximate surface area is 96.1 Å². The molecule has 88 valence electrons. The van der Waals surface area contributed by atoms with E-state index in [9.17, 15) is 8.78 Å². The van der Waals surface area contributed by atoms with Crippen LogP contribution < -0.4 is 10.5 Å². The molecule has 0 saturated carbocycles. The van der Waals surface area contributed by atoms with E-state index in [4.69, 9.17) is 10.5 Å². The minimum atomic E-state index is -0.953. The van der Waals surface area contributed by atoms with Gasteiger partial charge in [-0.25, -0.2) is 13.8 Å². The molecule has 6 heteroatoms. The molecular formula is C11H9F2N3O. The van der Waals surface area contributed by atoms with Crippen molar-refractivity contribution in [2.45, 2.75) is 6.61 Å². The van der Waals surface area contributed by atoms with Crippen LogP contribution in [0.15, 0.2) is 30.6 Å². The number of halogens is 2. The van der Waals surface area contributed by atoms with Gasteiger partial charge in [-0.15, -0.1) is 0 Å². The number of hydrogen-bond acceptors (Lipinski definition) is 4. The summed E-state index contributed by atoms with van der Waals surface area (Å²) < 4.78 is 30.7. The van der Waals surface area contributed by atoms with Crippen LogP contribution in [0.1, 0.15) is 5.69 Å². The number of anilines is 1. The van der Waals surface area contributed by atoms with Gasteiger partial charge in [-0.1, -0.05) is 0 Å². The van der Waals surface area contributed by atoms with Crippen molar-refractivity contribution in [2.75, 3.05) is 5.73 Å². The summed E-state index contributed by atoms with van der Waals surface area (Å²) in [5, 5.41) is 0. The first-order valence-corrected chi connectivity index (χ1v) is 4.79. The first kappa shape index (κ1) is 11.3. The van der Waals surface area contributed by atoms with Crippen LogP contribution in [0.3, 0.4) is 0 Å². The molecule has 0 bridgehead atoms. The van der Waals surface area contributed by atoms with Gasteiger partial charge >= 0.3 is 0 Å². The van der Waals surface area contributed by atoms with Gasteiger partial charge in [-0.05, 0) is 12.1 Å². The fourth-order valence-electron chi connectivity index (χ4n) is 1.16. The molecule has 0 fully saturated rings. The molecule has 1 heterocycles. The highest BCUT2D eigenvalue weighted by atomic mass is 19.2. The fraction of sp³-hybridized carbons (Fsp3) is 0.0909. The van der Waals surface area contributed by atoms with E-state index in [1.807, 2.05) is 0 Å². The van der Waals surface area contributed by atoms with Crippen LogP contribution in [-0.2, 0) is 6.61 Å². The molecule has 0 aliphatic rings. The number of rotatable bonds is 3. The van der Waals surface area contributed by atoms with Gasteiger partial charge in [0.1, 0.15) is 18.2 Å². The highest BCUT2D eigenvalue weighted by molar-refractivity contribution is 5.25. The molecule has 0 aliphatic carbocycles. The zero-order chi connectivity index (χ0) is 12.3. The van der Waals surface area contributed by atoms with Crippen LogP contribution in [-0.4, -0.2) is 9.97 Å². The third-order valence-electron chi connectivity index (χ3n) is 2.00. The number of aromatic nitrogens is 2. The number of nitrogens with two attached hydrogens (primary N) is 1. The predicted molar refractivity (Wildman–Crippen MR) is 57.1 cm³/mol. The lowest BCUT2D eigenvalue weighted by molar-refractivity contribution is 0.298. The zero-order valence-corrected chi connectivity index (χ0v) is 8.73. The third-order valence-corrected chi connectivity index (χ3v) is 2.00. The lowest BCUT2D eigenvalue weighted by Crippen LogP contribution is -2.01. The Morgan fingerprint density at radius 1 is 1.12 bits per heavy atom. The minimum absolute atomic E-state index is 0.109. The summed E-state index contributed by atoms with van der Waals surface area (Å²) in [6.45, 7) is 0.109. The summed E-state index contributed by atoms with van der Waals surface area (Å²) in [7, 11) is 0. The summed E-state index contributed by atoms with van der Waals surface area (Å²) in [4.78, 5) is 7.78. The van der Waals surface area contributed by atoms with E-state index in [-0.39, 0.29) is 12.4 Å². The van der Waals surface area contributed by atoms with Crippen molar-refractivity contribution in [3.05, 3.63) is 47.9 Å². The van der Waals surface area contributed by atoms with Gasteiger partial charge in [0.15, 0.2) is 11.6 Å². The van der Waals surface area contributed by atoms with Crippen molar-refractivity contribution in [2.24, 2.45) is 0 Å². The lowest BCUT2D eigenvalue weighted by Gasteiger charge is -2.05. The largest absolute Gasteiger partial charge is 0.487 e. The molecule has 0 aliphatic heterocycles. The summed E-state index contributed by atoms with van der Waals surface area (Å²) in [6.07, 6.45) is 2.85. The van der Waals surface area contributed by atoms with Crippen LogP contribution in [0.25, 0.3) is 0 Å². The number of benzene rings is 1. The molecule has 0 radical (unpaired) electrons. The summed E-state index contributed by atoms with van der Waals surface area (Å²) in [6, 6.07) is 3.31. The monoisotopic (exact) mass is 237 g/mol. The first-order valence-electron chi connectivity index (χ1n) is 4.79. The van der Waals surface area contributed by atoms with E-state index in [2.05, 4.69) is 9.97 Å². The molecular weight excluding hydrogens is 228 g/mol. The van der Waals surface area contributed by atoms with Crippen molar-refractivity contribution in [3.8, 4) is 5.75 Å². The van der Waals surface area contributed by atoms with Crippen molar-refractivity contribution < 1.29 is 13.5 Å². The Morgan fingerprint density at radius 3 is 2.59 bits per heavy atom. The third kappa shape index (κ3) is 2.87. The molecule has 0 unspecified atom stereocenters. The maximum Gasteiger partial charge on any atom is 0.162 e. The second kappa shape index (κ2) is 4.73. The number of hydrogen-bond donors (Lipinski definition) is 1. The lowest BCUT2D eigenvalue weighted by atomic mass is 10.3. The number of nitrogens with zero attached hydrogens (tertiary/aromatic N) is 2.